The summed E-state index contributed by atoms with van der Waals surface area (Å²) in [6, 6.07) is 4.94. The van der Waals surface area contributed by atoms with Crippen LogP contribution < -0.4 is 9.47 Å². The van der Waals surface area contributed by atoms with E-state index in [1.54, 1.807) is 23.1 Å². The van der Waals surface area contributed by atoms with E-state index in [0.29, 0.717) is 36.1 Å². The monoisotopic (exact) mass is 409 g/mol. The van der Waals surface area contributed by atoms with E-state index < -0.39 is 26.7 Å². The SMILES string of the molecule is COc1ccc(OC)c(-c2nnc(S(=O)(=O)CC(=O)N3CCCC(C)C3)o2)c1. The summed E-state index contributed by atoms with van der Waals surface area (Å²) in [5, 5.41) is 6.86. The van der Waals surface area contributed by atoms with Crippen LogP contribution in [0.3, 0.4) is 0 Å². The fourth-order valence-electron chi connectivity index (χ4n) is 3.16. The van der Waals surface area contributed by atoms with Crippen LogP contribution in [0.2, 0.25) is 0 Å². The molecular formula is C18H23N3O6S. The maximum absolute atomic E-state index is 12.6. The van der Waals surface area contributed by atoms with Gasteiger partial charge in [0, 0.05) is 13.1 Å². The van der Waals surface area contributed by atoms with Gasteiger partial charge in [-0.2, -0.15) is 0 Å². The lowest BCUT2D eigenvalue weighted by atomic mass is 10.0. The zero-order chi connectivity index (χ0) is 20.3. The van der Waals surface area contributed by atoms with Crippen molar-refractivity contribution in [1.29, 1.82) is 0 Å². The zero-order valence-electron chi connectivity index (χ0n) is 16.0. The van der Waals surface area contributed by atoms with Crippen molar-refractivity contribution in [2.45, 2.75) is 25.0 Å². The van der Waals surface area contributed by atoms with Crippen LogP contribution in [0.25, 0.3) is 11.5 Å². The van der Waals surface area contributed by atoms with Crippen molar-refractivity contribution >= 4 is 15.7 Å². The van der Waals surface area contributed by atoms with E-state index in [9.17, 15) is 13.2 Å². The van der Waals surface area contributed by atoms with Gasteiger partial charge in [0.25, 0.3) is 5.89 Å². The number of amides is 1. The summed E-state index contributed by atoms with van der Waals surface area (Å²) < 4.78 is 41.0. The second kappa shape index (κ2) is 8.17. The first-order chi connectivity index (χ1) is 13.3. The number of nitrogens with zero attached hydrogens (tertiary/aromatic N) is 3. The third-order valence-electron chi connectivity index (χ3n) is 4.63. The summed E-state index contributed by atoms with van der Waals surface area (Å²) in [7, 11) is -1.08. The molecule has 1 aliphatic rings. The summed E-state index contributed by atoms with van der Waals surface area (Å²) in [6.45, 7) is 3.17. The lowest BCUT2D eigenvalue weighted by molar-refractivity contribution is -0.130. The van der Waals surface area contributed by atoms with Gasteiger partial charge in [0.05, 0.1) is 19.8 Å². The van der Waals surface area contributed by atoms with Gasteiger partial charge in [-0.3, -0.25) is 4.79 Å². The smallest absolute Gasteiger partial charge is 0.336 e. The van der Waals surface area contributed by atoms with Gasteiger partial charge in [-0.05, 0) is 37.0 Å². The molecule has 2 heterocycles. The van der Waals surface area contributed by atoms with E-state index in [2.05, 4.69) is 10.2 Å². The molecule has 1 aliphatic heterocycles. The van der Waals surface area contributed by atoms with Crippen molar-refractivity contribution in [2.75, 3.05) is 33.1 Å². The molecule has 1 aromatic heterocycles. The van der Waals surface area contributed by atoms with Gasteiger partial charge in [-0.15, -0.1) is 5.10 Å². The number of sulfone groups is 1. The molecule has 1 aromatic carbocycles. The van der Waals surface area contributed by atoms with Crippen LogP contribution >= 0.6 is 0 Å². The minimum Gasteiger partial charge on any atom is -0.497 e. The molecule has 0 spiro atoms. The molecule has 1 amide bonds. The number of likely N-dealkylation sites (tertiary alicyclic amines) is 1. The zero-order valence-corrected chi connectivity index (χ0v) is 16.9. The molecular weight excluding hydrogens is 386 g/mol. The molecule has 2 aromatic rings. The molecule has 1 fully saturated rings. The highest BCUT2D eigenvalue weighted by atomic mass is 32.2. The van der Waals surface area contributed by atoms with Crippen LogP contribution in [-0.4, -0.2) is 62.5 Å². The second-order valence-corrected chi connectivity index (χ2v) is 8.65. The Balaban J connectivity index is 1.82. The van der Waals surface area contributed by atoms with Gasteiger partial charge in [-0.1, -0.05) is 12.0 Å². The van der Waals surface area contributed by atoms with Crippen LogP contribution in [0.15, 0.2) is 27.8 Å². The third kappa shape index (κ3) is 4.27. The first-order valence-corrected chi connectivity index (χ1v) is 10.6. The average molecular weight is 409 g/mol. The van der Waals surface area contributed by atoms with E-state index in [0.717, 1.165) is 12.8 Å². The first-order valence-electron chi connectivity index (χ1n) is 8.90. The van der Waals surface area contributed by atoms with E-state index in [-0.39, 0.29) is 5.89 Å². The van der Waals surface area contributed by atoms with Crippen LogP contribution in [-0.2, 0) is 14.6 Å². The number of piperidine rings is 1. The lowest BCUT2D eigenvalue weighted by Gasteiger charge is -2.30. The van der Waals surface area contributed by atoms with Gasteiger partial charge in [-0.25, -0.2) is 8.42 Å². The highest BCUT2D eigenvalue weighted by Gasteiger charge is 2.30. The van der Waals surface area contributed by atoms with Crippen molar-refractivity contribution in [2.24, 2.45) is 5.92 Å². The summed E-state index contributed by atoms with van der Waals surface area (Å²) >= 11 is 0. The maximum Gasteiger partial charge on any atom is 0.336 e. The Labute approximate surface area is 163 Å². The molecule has 152 valence electrons. The molecule has 0 bridgehead atoms. The lowest BCUT2D eigenvalue weighted by Crippen LogP contribution is -2.42. The Morgan fingerprint density at radius 2 is 2.07 bits per heavy atom. The molecule has 0 N–H and O–H groups in total. The number of benzene rings is 1. The van der Waals surface area contributed by atoms with E-state index >= 15 is 0 Å². The standard InChI is InChI=1S/C18H23N3O6S/c1-12-5-4-8-21(10-12)16(22)11-28(23,24)18-20-19-17(27-18)14-9-13(25-2)6-7-15(14)26-3/h6-7,9,12H,4-5,8,10-11H2,1-3H3. The van der Waals surface area contributed by atoms with Crippen LogP contribution in [0.1, 0.15) is 19.8 Å². The summed E-state index contributed by atoms with van der Waals surface area (Å²) in [6.07, 6.45) is 1.90. The molecule has 9 nitrogen and oxygen atoms in total. The summed E-state index contributed by atoms with van der Waals surface area (Å²) in [5.74, 6) is 0.116. The van der Waals surface area contributed by atoms with Crippen molar-refractivity contribution in [1.82, 2.24) is 15.1 Å². The molecule has 0 aliphatic carbocycles. The van der Waals surface area contributed by atoms with Gasteiger partial charge in [0.1, 0.15) is 17.3 Å². The Kier molecular flexibility index (Phi) is 5.87. The molecule has 10 heteroatoms. The highest BCUT2D eigenvalue weighted by molar-refractivity contribution is 7.91. The van der Waals surface area contributed by atoms with Crippen molar-refractivity contribution in [3.63, 3.8) is 0 Å². The number of aromatic nitrogens is 2. The molecule has 0 radical (unpaired) electrons. The van der Waals surface area contributed by atoms with Crippen LogP contribution in [0.4, 0.5) is 0 Å². The van der Waals surface area contributed by atoms with Crippen molar-refractivity contribution in [3.05, 3.63) is 18.2 Å². The number of carbonyl (C=O) groups is 1. The minimum absolute atomic E-state index is 0.0339. The van der Waals surface area contributed by atoms with Gasteiger partial charge in [0.2, 0.25) is 15.7 Å². The first kappa shape index (κ1) is 20.1. The van der Waals surface area contributed by atoms with Crippen molar-refractivity contribution < 1.29 is 27.1 Å². The molecule has 0 saturated carbocycles. The number of carbonyl (C=O) groups excluding carboxylic acids is 1. The van der Waals surface area contributed by atoms with Gasteiger partial charge < -0.3 is 18.8 Å². The third-order valence-corrected chi connectivity index (χ3v) is 5.96. The minimum atomic E-state index is -4.05. The molecule has 1 unspecified atom stereocenters. The van der Waals surface area contributed by atoms with E-state index in [4.69, 9.17) is 13.9 Å². The fourth-order valence-corrected chi connectivity index (χ4v) is 4.16. The number of ether oxygens (including phenoxy) is 2. The average Bonchev–Trinajstić information content (AvgIpc) is 3.18. The molecule has 1 atom stereocenters. The topological polar surface area (TPSA) is 112 Å². The highest BCUT2D eigenvalue weighted by Crippen LogP contribution is 2.33. The molecule has 28 heavy (non-hydrogen) atoms. The Bertz CT molecular complexity index is 956. The normalized spacial score (nSPS) is 17.4. The number of hydrogen-bond donors (Lipinski definition) is 0. The number of methoxy groups -OCH3 is 2. The largest absolute Gasteiger partial charge is 0.497 e. The van der Waals surface area contributed by atoms with Crippen molar-refractivity contribution in [3.8, 4) is 23.0 Å². The van der Waals surface area contributed by atoms with Gasteiger partial charge >= 0.3 is 5.22 Å². The number of rotatable bonds is 6. The Morgan fingerprint density at radius 3 is 2.75 bits per heavy atom. The van der Waals surface area contributed by atoms with E-state index in [1.165, 1.54) is 14.2 Å². The number of hydrogen-bond acceptors (Lipinski definition) is 8. The van der Waals surface area contributed by atoms with Crippen LogP contribution in [0.5, 0.6) is 11.5 Å². The molecule has 3 rings (SSSR count). The Hall–Kier alpha value is -2.62. The van der Waals surface area contributed by atoms with Crippen LogP contribution in [0, 0.1) is 5.92 Å². The predicted molar refractivity (Wildman–Crippen MR) is 99.9 cm³/mol. The van der Waals surface area contributed by atoms with Gasteiger partial charge in [0.15, 0.2) is 0 Å². The summed E-state index contributed by atoms with van der Waals surface area (Å²) in [5.41, 5.74) is 0.395. The Morgan fingerprint density at radius 1 is 1.29 bits per heavy atom. The summed E-state index contributed by atoms with van der Waals surface area (Å²) in [4.78, 5) is 14.0. The predicted octanol–water partition coefficient (Wildman–Crippen LogP) is 1.79. The quantitative estimate of drug-likeness (QED) is 0.710. The second-order valence-electron chi connectivity index (χ2n) is 6.79. The fraction of sp³-hybridized carbons (Fsp3) is 0.500. The van der Waals surface area contributed by atoms with E-state index in [1.807, 2.05) is 6.92 Å². The maximum atomic E-state index is 12.6. The molecule has 1 saturated heterocycles.